The molecule has 360 valence electrons. The van der Waals surface area contributed by atoms with Gasteiger partial charge in [-0.1, -0.05) is 40.3 Å². The molecule has 0 unspecified atom stereocenters. The largest absolute Gasteiger partial charge is 0.464 e. The van der Waals surface area contributed by atoms with Gasteiger partial charge in [-0.3, -0.25) is 29.2 Å². The summed E-state index contributed by atoms with van der Waals surface area (Å²) in [6, 6.07) is 8.50. The topological polar surface area (TPSA) is 172 Å². The van der Waals surface area contributed by atoms with Gasteiger partial charge in [0.05, 0.1) is 46.4 Å². The van der Waals surface area contributed by atoms with E-state index in [2.05, 4.69) is 66.6 Å². The lowest BCUT2D eigenvalue weighted by molar-refractivity contribution is -0.154. The average Bonchev–Trinajstić information content (AvgIpc) is 3.91. The third-order valence-corrected chi connectivity index (χ3v) is 16.1. The first kappa shape index (κ1) is 49.5. The first-order chi connectivity index (χ1) is 32.0. The standard InChI is InChI=1S/C49H67N9O7SSi/c1-11-41(59)54(8)26-32-19-22-57(32)48(63)55(9)43(29(3)4)45(60)53-67-39-24-40-51-37(27-66-40)31-17-18-38-34(23-31)35(44(56(38)12-2)33-15-13-20-50-42(33)30(5)64-10)25-49(6,7)28-65-47(62)36-16-14-21-58(52-36)46(39)61/h11,13,15,17-18,20,23,27,29-30,32,36,39,43,52H,1,12,14,16,19,21-22,24-26,28,67H2,2-10H3,(H,53,60)/t30-,32-,36-,39-,43-/m0/s1. The number of benzene rings is 1. The van der Waals surface area contributed by atoms with Crippen LogP contribution in [0.15, 0.2) is 54.6 Å². The number of carbonyl (C=O) groups is 5. The number of cyclic esters (lactones) is 1. The van der Waals surface area contributed by atoms with Gasteiger partial charge in [-0.05, 0) is 81.4 Å². The van der Waals surface area contributed by atoms with Crippen LogP contribution in [0, 0.1) is 11.3 Å². The van der Waals surface area contributed by atoms with Crippen molar-refractivity contribution < 1.29 is 33.4 Å². The summed E-state index contributed by atoms with van der Waals surface area (Å²) in [5, 5.41) is 5.38. The first-order valence-corrected chi connectivity index (χ1v) is 25.9. The molecule has 1 aromatic carbocycles. The molecule has 16 nitrogen and oxygen atoms in total. The Hall–Kier alpha value is -5.43. The maximum atomic E-state index is 14.6. The zero-order chi connectivity index (χ0) is 48.3. The number of hydrazine groups is 1. The molecule has 5 amide bonds. The molecule has 6 heterocycles. The summed E-state index contributed by atoms with van der Waals surface area (Å²) in [7, 11) is 3.28. The SMILES string of the molecule is C=CC(=O)N(C)C[C@@H]1CCN1C(=O)N(C)[C@H](C(=O)N[SiH2][C@H]1Cc2nc(cs2)-c2ccc3c(c2)c(c(-c2cccnc2[C@H](C)OC)n3CC)CC(C)(C)COC(=O)[C@@H]2CCCN(N2)C1=O)C(C)C. The van der Waals surface area contributed by atoms with Gasteiger partial charge in [0, 0.05) is 92.8 Å². The van der Waals surface area contributed by atoms with Crippen LogP contribution in [-0.2, 0) is 48.0 Å². The highest BCUT2D eigenvalue weighted by Crippen LogP contribution is 2.42. The van der Waals surface area contributed by atoms with Crippen molar-refractivity contribution >= 4 is 61.6 Å². The molecule has 0 radical (unpaired) electrons. The van der Waals surface area contributed by atoms with Gasteiger partial charge in [-0.15, -0.1) is 11.3 Å². The van der Waals surface area contributed by atoms with Crippen LogP contribution in [0.1, 0.15) is 83.2 Å². The van der Waals surface area contributed by atoms with Crippen molar-refractivity contribution in [3.05, 3.63) is 70.8 Å². The summed E-state index contributed by atoms with van der Waals surface area (Å²) in [6.45, 7) is 17.8. The van der Waals surface area contributed by atoms with Crippen LogP contribution >= 0.6 is 11.3 Å². The average molecular weight is 954 g/mol. The Balaban J connectivity index is 1.21. The molecular weight excluding hydrogens is 887 g/mol. The summed E-state index contributed by atoms with van der Waals surface area (Å²) in [4.78, 5) is 86.6. The number of nitrogens with zero attached hydrogens (tertiary/aromatic N) is 7. The van der Waals surface area contributed by atoms with Crippen LogP contribution < -0.4 is 10.4 Å². The minimum atomic E-state index is -1.72. The number of fused-ring (bicyclic) bond motifs is 6. The number of aryl methyl sites for hydroxylation is 1. The third kappa shape index (κ3) is 10.5. The fraction of sp³-hybridized carbons (Fsp3) is 0.531. The molecule has 3 aliphatic heterocycles. The lowest BCUT2D eigenvalue weighted by atomic mass is 9.84. The van der Waals surface area contributed by atoms with E-state index in [0.717, 1.165) is 56.1 Å². The Kier molecular flexibility index (Phi) is 15.4. The molecule has 0 spiro atoms. The number of nitrogens with one attached hydrogen (secondary N) is 2. The first-order valence-electron chi connectivity index (χ1n) is 23.5. The highest BCUT2D eigenvalue weighted by atomic mass is 32.1. The summed E-state index contributed by atoms with van der Waals surface area (Å²) in [6.07, 6.45) is 5.52. The number of thiazole rings is 1. The number of amides is 5. The van der Waals surface area contributed by atoms with Crippen LogP contribution in [0.2, 0.25) is 5.54 Å². The smallest absolute Gasteiger partial charge is 0.324 e. The molecule has 3 aliphatic rings. The van der Waals surface area contributed by atoms with Crippen molar-refractivity contribution in [3.63, 3.8) is 0 Å². The second-order valence-corrected chi connectivity index (χ2v) is 22.0. The molecule has 6 bridgehead atoms. The van der Waals surface area contributed by atoms with E-state index in [4.69, 9.17) is 19.4 Å². The van der Waals surface area contributed by atoms with E-state index in [1.807, 2.05) is 32.2 Å². The van der Waals surface area contributed by atoms with Gasteiger partial charge in [0.25, 0.3) is 0 Å². The van der Waals surface area contributed by atoms with Crippen molar-refractivity contribution in [1.29, 1.82) is 0 Å². The highest BCUT2D eigenvalue weighted by Gasteiger charge is 2.41. The zero-order valence-corrected chi connectivity index (χ0v) is 42.7. The number of hydrogen-bond acceptors (Lipinski definition) is 11. The molecule has 0 aliphatic carbocycles. The predicted molar refractivity (Wildman–Crippen MR) is 263 cm³/mol. The molecule has 67 heavy (non-hydrogen) atoms. The summed E-state index contributed by atoms with van der Waals surface area (Å²) >= 11 is 1.48. The van der Waals surface area contributed by atoms with Crippen molar-refractivity contribution in [2.45, 2.75) is 110 Å². The van der Waals surface area contributed by atoms with Crippen LogP contribution in [0.5, 0.6) is 0 Å². The van der Waals surface area contributed by atoms with Crippen molar-refractivity contribution in [1.82, 2.24) is 44.7 Å². The fourth-order valence-electron chi connectivity index (χ4n) is 9.70. The van der Waals surface area contributed by atoms with Crippen LogP contribution in [0.4, 0.5) is 4.79 Å². The Morgan fingerprint density at radius 1 is 1.15 bits per heavy atom. The Morgan fingerprint density at radius 3 is 2.61 bits per heavy atom. The number of aromatic nitrogens is 3. The van der Waals surface area contributed by atoms with E-state index in [1.165, 1.54) is 32.2 Å². The number of likely N-dealkylation sites (N-methyl/N-ethyl adjacent to an activating group) is 2. The maximum Gasteiger partial charge on any atom is 0.324 e. The van der Waals surface area contributed by atoms with Gasteiger partial charge < -0.3 is 33.7 Å². The number of esters is 1. The summed E-state index contributed by atoms with van der Waals surface area (Å²) < 4.78 is 14.3. The second kappa shape index (κ2) is 20.8. The van der Waals surface area contributed by atoms with Gasteiger partial charge in [0.1, 0.15) is 21.8 Å². The number of pyridine rings is 1. The number of methoxy groups -OCH3 is 1. The Bertz CT molecular complexity index is 2510. The number of rotatable bonds is 12. The molecule has 2 saturated heterocycles. The van der Waals surface area contributed by atoms with Crippen molar-refractivity contribution in [3.8, 4) is 22.5 Å². The van der Waals surface area contributed by atoms with Gasteiger partial charge >= 0.3 is 12.0 Å². The fourth-order valence-corrected chi connectivity index (χ4v) is 12.3. The molecular formula is C49H67N9O7SSi. The molecule has 2 N–H and O–H groups in total. The lowest BCUT2D eigenvalue weighted by Crippen LogP contribution is -2.62. The van der Waals surface area contributed by atoms with E-state index in [9.17, 15) is 24.0 Å². The van der Waals surface area contributed by atoms with E-state index in [1.54, 1.807) is 32.3 Å². The number of hydrogen-bond donors (Lipinski definition) is 2. The highest BCUT2D eigenvalue weighted by molar-refractivity contribution is 7.10. The number of urea groups is 1. The summed E-state index contributed by atoms with van der Waals surface area (Å²) in [5.74, 6) is -1.42. The monoisotopic (exact) mass is 953 g/mol. The maximum absolute atomic E-state index is 14.6. The molecule has 7 rings (SSSR count). The predicted octanol–water partition coefficient (Wildman–Crippen LogP) is 5.50. The van der Waals surface area contributed by atoms with Gasteiger partial charge in [0.2, 0.25) is 17.7 Å². The van der Waals surface area contributed by atoms with Crippen LogP contribution in [-0.4, -0.2) is 139 Å². The van der Waals surface area contributed by atoms with E-state index < -0.39 is 38.7 Å². The number of likely N-dealkylation sites (tertiary alicyclic amines) is 1. The van der Waals surface area contributed by atoms with E-state index in [0.29, 0.717) is 45.4 Å². The molecule has 5 atom stereocenters. The normalized spacial score (nSPS) is 20.8. The zero-order valence-electron chi connectivity index (χ0n) is 40.5. The quantitative estimate of drug-likeness (QED) is 0.105. The lowest BCUT2D eigenvalue weighted by Gasteiger charge is -2.45. The minimum absolute atomic E-state index is 0.152. The van der Waals surface area contributed by atoms with Gasteiger partial charge in [0.15, 0.2) is 0 Å². The molecule has 18 heteroatoms. The number of carbonyl (C=O) groups excluding carboxylic acids is 5. The minimum Gasteiger partial charge on any atom is -0.464 e. The van der Waals surface area contributed by atoms with Crippen molar-refractivity contribution in [2.75, 3.05) is 47.4 Å². The van der Waals surface area contributed by atoms with E-state index >= 15 is 0 Å². The van der Waals surface area contributed by atoms with E-state index in [-0.39, 0.29) is 54.8 Å². The number of ether oxygens (including phenoxy) is 2. The molecule has 4 aromatic rings. The van der Waals surface area contributed by atoms with Crippen LogP contribution in [0.25, 0.3) is 33.4 Å². The van der Waals surface area contributed by atoms with Crippen molar-refractivity contribution in [2.24, 2.45) is 11.3 Å². The third-order valence-electron chi connectivity index (χ3n) is 13.5. The molecule has 2 fully saturated rings. The Morgan fingerprint density at radius 2 is 1.93 bits per heavy atom. The molecule has 3 aromatic heterocycles. The van der Waals surface area contributed by atoms with Gasteiger partial charge in [-0.2, -0.15) is 0 Å². The van der Waals surface area contributed by atoms with Crippen LogP contribution in [0.3, 0.4) is 0 Å². The summed E-state index contributed by atoms with van der Waals surface area (Å²) in [5.41, 5.74) is 8.88. The Labute approximate surface area is 400 Å². The second-order valence-electron chi connectivity index (χ2n) is 19.3. The van der Waals surface area contributed by atoms with Gasteiger partial charge in [-0.25, -0.2) is 15.2 Å². The molecule has 0 saturated carbocycles.